The summed E-state index contributed by atoms with van der Waals surface area (Å²) in [6.45, 7) is 7.48. The largest absolute Gasteiger partial charge is 0.372 e. The fraction of sp³-hybridized carbons (Fsp3) is 0.400. The van der Waals surface area contributed by atoms with Crippen molar-refractivity contribution in [2.75, 3.05) is 11.9 Å². The molecule has 96 valence electrons. The molecule has 0 bridgehead atoms. The van der Waals surface area contributed by atoms with Crippen molar-refractivity contribution >= 4 is 16.6 Å². The molecule has 0 fully saturated rings. The summed E-state index contributed by atoms with van der Waals surface area (Å²) < 4.78 is 0. The van der Waals surface area contributed by atoms with Crippen LogP contribution in [-0.2, 0) is 0 Å². The number of pyridine rings is 1. The molecule has 18 heavy (non-hydrogen) atoms. The highest BCUT2D eigenvalue weighted by Crippen LogP contribution is 2.18. The fourth-order valence-electron chi connectivity index (χ4n) is 1.88. The van der Waals surface area contributed by atoms with E-state index in [2.05, 4.69) is 31.1 Å². The molecule has 3 nitrogen and oxygen atoms in total. The summed E-state index contributed by atoms with van der Waals surface area (Å²) in [6, 6.07) is 9.61. The van der Waals surface area contributed by atoms with Crippen molar-refractivity contribution in [2.24, 2.45) is 5.41 Å². The summed E-state index contributed by atoms with van der Waals surface area (Å²) in [6.07, 6.45) is 1.06. The van der Waals surface area contributed by atoms with Crippen LogP contribution in [-0.4, -0.2) is 11.5 Å². The lowest BCUT2D eigenvalue weighted by Gasteiger charge is -2.18. The maximum absolute atomic E-state index is 11.9. The second-order valence-electron chi connectivity index (χ2n) is 5.84. The van der Waals surface area contributed by atoms with E-state index in [0.29, 0.717) is 5.41 Å². The third-order valence-corrected chi connectivity index (χ3v) is 2.94. The SMILES string of the molecule is CC(C)(C)CCNc1cc2ccccc2c(=O)[nH]1. The van der Waals surface area contributed by atoms with Crippen molar-refractivity contribution in [1.29, 1.82) is 0 Å². The Bertz CT molecular complexity index is 593. The van der Waals surface area contributed by atoms with Gasteiger partial charge >= 0.3 is 0 Å². The van der Waals surface area contributed by atoms with E-state index in [0.717, 1.165) is 29.6 Å². The molecule has 2 aromatic rings. The smallest absolute Gasteiger partial charge is 0.257 e. The van der Waals surface area contributed by atoms with Gasteiger partial charge in [0.2, 0.25) is 0 Å². The molecule has 0 aliphatic heterocycles. The molecule has 3 heteroatoms. The number of anilines is 1. The summed E-state index contributed by atoms with van der Waals surface area (Å²) in [4.78, 5) is 14.7. The molecule has 0 radical (unpaired) electrons. The van der Waals surface area contributed by atoms with Crippen molar-refractivity contribution in [3.8, 4) is 0 Å². The average Bonchev–Trinajstić information content (AvgIpc) is 2.27. The Morgan fingerprint density at radius 3 is 2.67 bits per heavy atom. The number of nitrogens with one attached hydrogen (secondary N) is 2. The van der Waals surface area contributed by atoms with Gasteiger partial charge in [0.05, 0.1) is 0 Å². The van der Waals surface area contributed by atoms with E-state index >= 15 is 0 Å². The van der Waals surface area contributed by atoms with Crippen LogP contribution in [0.2, 0.25) is 0 Å². The maximum atomic E-state index is 11.9. The lowest BCUT2D eigenvalue weighted by atomic mass is 9.92. The Hall–Kier alpha value is -1.77. The van der Waals surface area contributed by atoms with Gasteiger partial charge in [0.1, 0.15) is 5.82 Å². The lowest BCUT2D eigenvalue weighted by molar-refractivity contribution is 0.389. The van der Waals surface area contributed by atoms with Gasteiger partial charge in [-0.25, -0.2) is 0 Å². The van der Waals surface area contributed by atoms with Gasteiger partial charge in [0.25, 0.3) is 5.56 Å². The molecule has 0 aliphatic rings. The zero-order valence-electron chi connectivity index (χ0n) is 11.2. The predicted octanol–water partition coefficient (Wildman–Crippen LogP) is 3.38. The number of hydrogen-bond acceptors (Lipinski definition) is 2. The summed E-state index contributed by atoms with van der Waals surface area (Å²) in [5.74, 6) is 0.794. The first-order valence-electron chi connectivity index (χ1n) is 6.32. The monoisotopic (exact) mass is 244 g/mol. The Labute approximate surface area is 107 Å². The van der Waals surface area contributed by atoms with Gasteiger partial charge in [-0.3, -0.25) is 4.79 Å². The van der Waals surface area contributed by atoms with Gasteiger partial charge in [-0.2, -0.15) is 0 Å². The van der Waals surface area contributed by atoms with Gasteiger partial charge in [0, 0.05) is 11.9 Å². The van der Waals surface area contributed by atoms with E-state index in [4.69, 9.17) is 0 Å². The van der Waals surface area contributed by atoms with Crippen LogP contribution in [0.4, 0.5) is 5.82 Å². The number of H-pyrrole nitrogens is 1. The molecule has 0 atom stereocenters. The molecule has 0 saturated carbocycles. The van der Waals surface area contributed by atoms with Crippen molar-refractivity contribution in [2.45, 2.75) is 27.2 Å². The minimum absolute atomic E-state index is 0.0358. The number of aromatic amines is 1. The number of rotatable bonds is 3. The van der Waals surface area contributed by atoms with E-state index in [1.165, 1.54) is 0 Å². The molecule has 1 aromatic heterocycles. The normalized spacial score (nSPS) is 11.7. The van der Waals surface area contributed by atoms with Crippen LogP contribution in [0.5, 0.6) is 0 Å². The second kappa shape index (κ2) is 4.84. The Morgan fingerprint density at radius 2 is 1.94 bits per heavy atom. The standard InChI is InChI=1S/C15H20N2O/c1-15(2,3)8-9-16-13-10-11-6-4-5-7-12(11)14(18)17-13/h4-7,10H,8-9H2,1-3H3,(H2,16,17,18). The van der Waals surface area contributed by atoms with Gasteiger partial charge in [-0.05, 0) is 29.4 Å². The van der Waals surface area contributed by atoms with Gasteiger partial charge < -0.3 is 10.3 Å². The third-order valence-electron chi connectivity index (χ3n) is 2.94. The van der Waals surface area contributed by atoms with Crippen molar-refractivity contribution in [1.82, 2.24) is 4.98 Å². The van der Waals surface area contributed by atoms with E-state index in [-0.39, 0.29) is 5.56 Å². The summed E-state index contributed by atoms with van der Waals surface area (Å²) >= 11 is 0. The van der Waals surface area contributed by atoms with Crippen LogP contribution in [0.3, 0.4) is 0 Å². The third kappa shape index (κ3) is 3.13. The van der Waals surface area contributed by atoms with Crippen molar-refractivity contribution in [3.63, 3.8) is 0 Å². The van der Waals surface area contributed by atoms with Crippen LogP contribution >= 0.6 is 0 Å². The summed E-state index contributed by atoms with van der Waals surface area (Å²) in [5, 5.41) is 4.99. The highest BCUT2D eigenvalue weighted by atomic mass is 16.1. The molecule has 1 heterocycles. The lowest BCUT2D eigenvalue weighted by Crippen LogP contribution is -2.16. The highest BCUT2D eigenvalue weighted by Gasteiger charge is 2.09. The molecule has 0 aliphatic carbocycles. The molecule has 0 unspecified atom stereocenters. The predicted molar refractivity (Wildman–Crippen MR) is 77.1 cm³/mol. The number of benzene rings is 1. The molecular weight excluding hydrogens is 224 g/mol. The Balaban J connectivity index is 2.17. The molecule has 0 saturated heterocycles. The van der Waals surface area contributed by atoms with E-state index in [1.807, 2.05) is 30.3 Å². The van der Waals surface area contributed by atoms with Gasteiger partial charge in [0.15, 0.2) is 0 Å². The van der Waals surface area contributed by atoms with Crippen LogP contribution in [0.1, 0.15) is 27.2 Å². The molecule has 2 N–H and O–H groups in total. The van der Waals surface area contributed by atoms with Gasteiger partial charge in [-0.15, -0.1) is 0 Å². The molecule has 0 spiro atoms. The first kappa shape index (κ1) is 12.7. The average molecular weight is 244 g/mol. The van der Waals surface area contributed by atoms with Crippen LogP contribution in [0.15, 0.2) is 35.1 Å². The van der Waals surface area contributed by atoms with E-state index in [1.54, 1.807) is 0 Å². The second-order valence-corrected chi connectivity index (χ2v) is 5.84. The van der Waals surface area contributed by atoms with Crippen molar-refractivity contribution < 1.29 is 0 Å². The number of aromatic nitrogens is 1. The minimum atomic E-state index is -0.0358. The Kier molecular flexibility index (Phi) is 3.41. The number of fused-ring (bicyclic) bond motifs is 1. The van der Waals surface area contributed by atoms with E-state index in [9.17, 15) is 4.79 Å². The zero-order valence-corrected chi connectivity index (χ0v) is 11.2. The topological polar surface area (TPSA) is 44.9 Å². The fourth-order valence-corrected chi connectivity index (χ4v) is 1.88. The Morgan fingerprint density at radius 1 is 1.22 bits per heavy atom. The summed E-state index contributed by atoms with van der Waals surface area (Å²) in [7, 11) is 0. The first-order valence-corrected chi connectivity index (χ1v) is 6.32. The summed E-state index contributed by atoms with van der Waals surface area (Å²) in [5.41, 5.74) is 0.260. The maximum Gasteiger partial charge on any atom is 0.257 e. The number of hydrogen-bond donors (Lipinski definition) is 2. The first-order chi connectivity index (χ1) is 8.46. The molecule has 1 aromatic carbocycles. The zero-order chi connectivity index (χ0) is 13.2. The highest BCUT2D eigenvalue weighted by molar-refractivity contribution is 5.83. The van der Waals surface area contributed by atoms with Gasteiger partial charge in [-0.1, -0.05) is 39.0 Å². The van der Waals surface area contributed by atoms with Crippen molar-refractivity contribution in [3.05, 3.63) is 40.7 Å². The molecule has 0 amide bonds. The van der Waals surface area contributed by atoms with E-state index < -0.39 is 0 Å². The molecular formula is C15H20N2O. The van der Waals surface area contributed by atoms with Crippen LogP contribution in [0, 0.1) is 5.41 Å². The quantitative estimate of drug-likeness (QED) is 0.869. The van der Waals surface area contributed by atoms with Crippen LogP contribution in [0.25, 0.3) is 10.8 Å². The van der Waals surface area contributed by atoms with Crippen LogP contribution < -0.4 is 10.9 Å². The molecule has 2 rings (SSSR count). The minimum Gasteiger partial charge on any atom is -0.372 e.